The number of rotatable bonds is 3. The summed E-state index contributed by atoms with van der Waals surface area (Å²) < 4.78 is 0. The normalized spacial score (nSPS) is 26.4. The summed E-state index contributed by atoms with van der Waals surface area (Å²) in [6.07, 6.45) is 4.20. The van der Waals surface area contributed by atoms with Crippen molar-refractivity contribution in [2.24, 2.45) is 10.7 Å². The van der Waals surface area contributed by atoms with Crippen molar-refractivity contribution in [1.82, 2.24) is 14.8 Å². The van der Waals surface area contributed by atoms with E-state index in [4.69, 9.17) is 11.5 Å². The molecule has 0 aliphatic carbocycles. The van der Waals surface area contributed by atoms with Gasteiger partial charge < -0.3 is 20.9 Å². The molecule has 0 bridgehead atoms. The van der Waals surface area contributed by atoms with Gasteiger partial charge in [0.25, 0.3) is 0 Å². The Balaban J connectivity index is 1.63. The van der Waals surface area contributed by atoms with E-state index in [1.54, 1.807) is 12.4 Å². The first-order valence-electron chi connectivity index (χ1n) is 7.33. The Morgan fingerprint density at radius 3 is 2.86 bits per heavy atom. The van der Waals surface area contributed by atoms with E-state index in [0.29, 0.717) is 5.82 Å². The van der Waals surface area contributed by atoms with Crippen LogP contribution in [0, 0.1) is 0 Å². The number of nitrogen functional groups attached to an aromatic ring is 1. The molecule has 1 aromatic heterocycles. The van der Waals surface area contributed by atoms with Crippen molar-refractivity contribution in [3.8, 4) is 0 Å². The number of hydrogen-bond acceptors (Lipinski definition) is 7. The van der Waals surface area contributed by atoms with E-state index in [-0.39, 0.29) is 0 Å². The first kappa shape index (κ1) is 14.2. The molecular formula is C14H23N7. The third kappa shape index (κ3) is 3.15. The minimum absolute atomic E-state index is 0.466. The standard InChI is InChI=1S/C14H23N7/c1-20-6-8-21(9-7-20)5-3-14(16)18-10-11-2-4-17-13(15)12(11)19-14/h2,4,10,19H,3,5-9,16H2,1H3,(H2,15,17). The van der Waals surface area contributed by atoms with Crippen molar-refractivity contribution < 1.29 is 0 Å². The molecule has 1 saturated heterocycles. The van der Waals surface area contributed by atoms with E-state index in [9.17, 15) is 0 Å². The number of fused-ring (bicyclic) bond motifs is 1. The largest absolute Gasteiger partial charge is 0.382 e. The van der Waals surface area contributed by atoms with Crippen LogP contribution in [0.25, 0.3) is 0 Å². The Labute approximate surface area is 125 Å². The highest BCUT2D eigenvalue weighted by Gasteiger charge is 2.29. The lowest BCUT2D eigenvalue weighted by atomic mass is 10.1. The van der Waals surface area contributed by atoms with E-state index in [2.05, 4.69) is 32.1 Å². The van der Waals surface area contributed by atoms with Crippen LogP contribution in [-0.4, -0.2) is 66.6 Å². The summed E-state index contributed by atoms with van der Waals surface area (Å²) in [7, 11) is 2.15. The maximum Gasteiger partial charge on any atom is 0.183 e. The summed E-state index contributed by atoms with van der Waals surface area (Å²) in [5, 5.41) is 3.25. The number of aliphatic imine (C=N–C) groups is 1. The second kappa shape index (κ2) is 5.59. The van der Waals surface area contributed by atoms with Crippen LogP contribution in [0.5, 0.6) is 0 Å². The zero-order valence-corrected chi connectivity index (χ0v) is 12.4. The Kier molecular flexibility index (Phi) is 3.79. The van der Waals surface area contributed by atoms with Gasteiger partial charge in [-0.1, -0.05) is 0 Å². The average molecular weight is 289 g/mol. The van der Waals surface area contributed by atoms with Gasteiger partial charge in [-0.15, -0.1) is 0 Å². The molecule has 21 heavy (non-hydrogen) atoms. The van der Waals surface area contributed by atoms with Crippen molar-refractivity contribution >= 4 is 17.7 Å². The van der Waals surface area contributed by atoms with Crippen LogP contribution in [0.2, 0.25) is 0 Å². The monoisotopic (exact) mass is 289 g/mol. The Morgan fingerprint density at radius 1 is 1.33 bits per heavy atom. The quantitative estimate of drug-likeness (QED) is 0.711. The van der Waals surface area contributed by atoms with Crippen molar-refractivity contribution in [2.45, 2.75) is 12.2 Å². The molecule has 1 unspecified atom stereocenters. The van der Waals surface area contributed by atoms with E-state index in [1.807, 2.05) is 6.07 Å². The fourth-order valence-corrected chi connectivity index (χ4v) is 2.70. The smallest absolute Gasteiger partial charge is 0.183 e. The summed E-state index contributed by atoms with van der Waals surface area (Å²) >= 11 is 0. The fraction of sp³-hybridized carbons (Fsp3) is 0.571. The molecule has 1 fully saturated rings. The molecule has 0 radical (unpaired) electrons. The number of nitrogens with zero attached hydrogens (tertiary/aromatic N) is 4. The predicted molar refractivity (Wildman–Crippen MR) is 85.3 cm³/mol. The van der Waals surface area contributed by atoms with Gasteiger partial charge in [-0.3, -0.25) is 10.7 Å². The molecule has 1 atom stereocenters. The van der Waals surface area contributed by atoms with Crippen molar-refractivity contribution in [3.63, 3.8) is 0 Å². The first-order chi connectivity index (χ1) is 10.1. The molecule has 2 aliphatic heterocycles. The molecule has 7 nitrogen and oxygen atoms in total. The molecule has 0 saturated carbocycles. The molecule has 0 aromatic carbocycles. The number of aromatic nitrogens is 1. The first-order valence-corrected chi connectivity index (χ1v) is 7.33. The van der Waals surface area contributed by atoms with Crippen LogP contribution in [0.4, 0.5) is 11.5 Å². The Hall–Kier alpha value is -1.70. The number of nitrogens with two attached hydrogens (primary N) is 2. The van der Waals surface area contributed by atoms with Gasteiger partial charge in [0.2, 0.25) is 0 Å². The van der Waals surface area contributed by atoms with Gasteiger partial charge in [0, 0.05) is 57.1 Å². The molecule has 114 valence electrons. The van der Waals surface area contributed by atoms with Crippen LogP contribution < -0.4 is 16.8 Å². The summed E-state index contributed by atoms with van der Waals surface area (Å²) in [5.74, 6) is -0.332. The molecule has 3 heterocycles. The van der Waals surface area contributed by atoms with Gasteiger partial charge in [-0.25, -0.2) is 4.98 Å². The maximum atomic E-state index is 6.36. The molecule has 0 spiro atoms. The SMILES string of the molecule is CN1CCN(CCC2(N)N=Cc3ccnc(N)c3N2)CC1. The van der Waals surface area contributed by atoms with Gasteiger partial charge in [-0.2, -0.15) is 0 Å². The minimum atomic E-state index is -0.798. The van der Waals surface area contributed by atoms with Crippen LogP contribution in [-0.2, 0) is 0 Å². The van der Waals surface area contributed by atoms with Gasteiger partial charge in [0.1, 0.15) is 5.82 Å². The lowest BCUT2D eigenvalue weighted by molar-refractivity contribution is 0.146. The van der Waals surface area contributed by atoms with E-state index in [0.717, 1.165) is 50.4 Å². The third-order valence-electron chi connectivity index (χ3n) is 4.19. The van der Waals surface area contributed by atoms with Gasteiger partial charge >= 0.3 is 0 Å². The second-order valence-electron chi connectivity index (χ2n) is 5.86. The maximum absolute atomic E-state index is 6.36. The third-order valence-corrected chi connectivity index (χ3v) is 4.19. The predicted octanol–water partition coefficient (Wildman–Crippen LogP) is -0.242. The molecule has 7 heteroatoms. The number of pyridine rings is 1. The highest BCUT2D eigenvalue weighted by Crippen LogP contribution is 2.28. The van der Waals surface area contributed by atoms with Gasteiger partial charge in [0.05, 0.1) is 5.69 Å². The molecule has 0 amide bonds. The second-order valence-corrected chi connectivity index (χ2v) is 5.86. The highest BCUT2D eigenvalue weighted by molar-refractivity contribution is 5.93. The van der Waals surface area contributed by atoms with Crippen molar-refractivity contribution in [1.29, 1.82) is 0 Å². The summed E-state index contributed by atoms with van der Waals surface area (Å²) in [4.78, 5) is 13.3. The Bertz CT molecular complexity index is 536. The molecule has 3 rings (SSSR count). The molecule has 1 aromatic rings. The van der Waals surface area contributed by atoms with E-state index >= 15 is 0 Å². The van der Waals surface area contributed by atoms with Crippen molar-refractivity contribution in [2.75, 3.05) is 50.8 Å². The number of nitrogens with one attached hydrogen (secondary N) is 1. The number of hydrogen-bond donors (Lipinski definition) is 3. The van der Waals surface area contributed by atoms with Crippen LogP contribution in [0.15, 0.2) is 17.3 Å². The van der Waals surface area contributed by atoms with E-state index < -0.39 is 5.79 Å². The molecular weight excluding hydrogens is 266 g/mol. The molecule has 2 aliphatic rings. The summed E-state index contributed by atoms with van der Waals surface area (Å²) in [5.41, 5.74) is 14.0. The lowest BCUT2D eigenvalue weighted by Gasteiger charge is -2.36. The summed E-state index contributed by atoms with van der Waals surface area (Å²) in [6, 6.07) is 1.88. The highest BCUT2D eigenvalue weighted by atomic mass is 15.3. The average Bonchev–Trinajstić information content (AvgIpc) is 2.48. The minimum Gasteiger partial charge on any atom is -0.382 e. The topological polar surface area (TPSA) is 95.8 Å². The number of piperazine rings is 1. The van der Waals surface area contributed by atoms with Gasteiger partial charge in [0.15, 0.2) is 5.79 Å². The zero-order chi connectivity index (χ0) is 14.9. The van der Waals surface area contributed by atoms with Crippen LogP contribution in [0.1, 0.15) is 12.0 Å². The Morgan fingerprint density at radius 2 is 2.10 bits per heavy atom. The number of anilines is 2. The zero-order valence-electron chi connectivity index (χ0n) is 12.4. The van der Waals surface area contributed by atoms with Gasteiger partial charge in [-0.05, 0) is 13.1 Å². The van der Waals surface area contributed by atoms with Crippen LogP contribution in [0.3, 0.4) is 0 Å². The summed E-state index contributed by atoms with van der Waals surface area (Å²) in [6.45, 7) is 5.29. The lowest BCUT2D eigenvalue weighted by Crippen LogP contribution is -2.52. The molecule has 5 N–H and O–H groups in total. The van der Waals surface area contributed by atoms with Crippen LogP contribution >= 0.6 is 0 Å². The number of likely N-dealkylation sites (N-methyl/N-ethyl adjacent to an activating group) is 1. The van der Waals surface area contributed by atoms with Crippen molar-refractivity contribution in [3.05, 3.63) is 17.8 Å². The van der Waals surface area contributed by atoms with E-state index in [1.165, 1.54) is 0 Å². The fourth-order valence-electron chi connectivity index (χ4n) is 2.70.